The van der Waals surface area contributed by atoms with Gasteiger partial charge in [0.25, 0.3) is 11.6 Å². The lowest BCUT2D eigenvalue weighted by Gasteiger charge is -2.11. The van der Waals surface area contributed by atoms with Gasteiger partial charge in [-0.2, -0.15) is 0 Å². The SMILES string of the molecule is Cc1cc([N+](=O)[O-])ccc1-c1ccc(/C=C2\NC(=O)N(c3ccc(Cl)cc3)C2=O)o1. The Labute approximate surface area is 175 Å². The van der Waals surface area contributed by atoms with Crippen molar-refractivity contribution in [2.24, 2.45) is 0 Å². The number of hydrogen-bond acceptors (Lipinski definition) is 5. The van der Waals surface area contributed by atoms with Crippen molar-refractivity contribution in [3.63, 3.8) is 0 Å². The van der Waals surface area contributed by atoms with Crippen molar-refractivity contribution >= 4 is 41.0 Å². The summed E-state index contributed by atoms with van der Waals surface area (Å²) in [5.74, 6) is 0.316. The van der Waals surface area contributed by atoms with Crippen molar-refractivity contribution < 1.29 is 18.9 Å². The fourth-order valence-corrected chi connectivity index (χ4v) is 3.24. The number of rotatable bonds is 4. The molecule has 9 heteroatoms. The van der Waals surface area contributed by atoms with Crippen LogP contribution in [0.3, 0.4) is 0 Å². The first kappa shape index (κ1) is 19.4. The van der Waals surface area contributed by atoms with E-state index < -0.39 is 16.9 Å². The van der Waals surface area contributed by atoms with Gasteiger partial charge in [0.05, 0.1) is 10.6 Å². The molecule has 4 rings (SSSR count). The van der Waals surface area contributed by atoms with Gasteiger partial charge in [-0.25, -0.2) is 9.69 Å². The van der Waals surface area contributed by atoms with E-state index in [0.29, 0.717) is 33.4 Å². The van der Waals surface area contributed by atoms with E-state index in [4.69, 9.17) is 16.0 Å². The summed E-state index contributed by atoms with van der Waals surface area (Å²) in [4.78, 5) is 36.4. The summed E-state index contributed by atoms with van der Waals surface area (Å²) in [6, 6.07) is 13.5. The first-order valence-electron chi connectivity index (χ1n) is 8.81. The molecule has 1 fully saturated rings. The van der Waals surface area contributed by atoms with Crippen LogP contribution in [0.4, 0.5) is 16.2 Å². The molecule has 0 radical (unpaired) electrons. The lowest BCUT2D eigenvalue weighted by atomic mass is 10.1. The molecule has 2 aromatic carbocycles. The van der Waals surface area contributed by atoms with E-state index in [2.05, 4.69) is 5.32 Å². The number of nitrogens with one attached hydrogen (secondary N) is 1. The molecule has 1 aliphatic heterocycles. The number of urea groups is 1. The number of nitro groups is 1. The monoisotopic (exact) mass is 423 g/mol. The van der Waals surface area contributed by atoms with Crippen molar-refractivity contribution in [3.05, 3.63) is 86.8 Å². The van der Waals surface area contributed by atoms with Crippen molar-refractivity contribution in [2.75, 3.05) is 4.90 Å². The van der Waals surface area contributed by atoms with Gasteiger partial charge in [0.15, 0.2) is 0 Å². The minimum atomic E-state index is -0.577. The number of benzene rings is 2. The van der Waals surface area contributed by atoms with Crippen molar-refractivity contribution in [3.8, 4) is 11.3 Å². The maximum atomic E-state index is 12.7. The summed E-state index contributed by atoms with van der Waals surface area (Å²) < 4.78 is 5.77. The van der Waals surface area contributed by atoms with Gasteiger partial charge >= 0.3 is 6.03 Å². The second kappa shape index (κ2) is 7.49. The Bertz CT molecular complexity index is 1210. The zero-order valence-electron chi connectivity index (χ0n) is 15.6. The van der Waals surface area contributed by atoms with Crippen molar-refractivity contribution in [1.29, 1.82) is 0 Å². The molecule has 1 aromatic heterocycles. The minimum Gasteiger partial charge on any atom is -0.457 e. The number of nitrogens with zero attached hydrogens (tertiary/aromatic N) is 2. The van der Waals surface area contributed by atoms with E-state index >= 15 is 0 Å². The number of amides is 3. The highest BCUT2D eigenvalue weighted by atomic mass is 35.5. The Hall–Kier alpha value is -3.91. The van der Waals surface area contributed by atoms with E-state index in [1.807, 2.05) is 0 Å². The number of carbonyl (C=O) groups excluding carboxylic acids is 2. The summed E-state index contributed by atoms with van der Waals surface area (Å²) in [7, 11) is 0. The van der Waals surface area contributed by atoms with E-state index in [0.717, 1.165) is 4.90 Å². The number of carbonyl (C=O) groups is 2. The Balaban J connectivity index is 1.60. The van der Waals surface area contributed by atoms with Crippen LogP contribution in [0, 0.1) is 17.0 Å². The number of furan rings is 1. The molecule has 0 spiro atoms. The summed E-state index contributed by atoms with van der Waals surface area (Å²) in [6.07, 6.45) is 1.43. The van der Waals surface area contributed by atoms with Crippen LogP contribution in [0.2, 0.25) is 5.02 Å². The van der Waals surface area contributed by atoms with Gasteiger partial charge < -0.3 is 9.73 Å². The van der Waals surface area contributed by atoms with Gasteiger partial charge in [0.2, 0.25) is 0 Å². The van der Waals surface area contributed by atoms with Crippen LogP contribution in [0.15, 0.2) is 64.7 Å². The molecule has 0 unspecified atom stereocenters. The average molecular weight is 424 g/mol. The first-order chi connectivity index (χ1) is 14.3. The lowest BCUT2D eigenvalue weighted by molar-refractivity contribution is -0.384. The fraction of sp³-hybridized carbons (Fsp3) is 0.0476. The second-order valence-electron chi connectivity index (χ2n) is 6.56. The van der Waals surface area contributed by atoms with E-state index in [1.165, 1.54) is 18.2 Å². The largest absolute Gasteiger partial charge is 0.457 e. The first-order valence-corrected chi connectivity index (χ1v) is 9.19. The standard InChI is InChI=1S/C21H14ClN3O5/c1-12-10-15(25(28)29)6-8-17(12)19-9-7-16(30-19)11-18-20(26)24(21(27)23-18)14-4-2-13(22)3-5-14/h2-11H,1H3,(H,23,27)/b18-11-. The van der Waals surface area contributed by atoms with Crippen LogP contribution in [-0.4, -0.2) is 16.9 Å². The second-order valence-corrected chi connectivity index (χ2v) is 7.00. The number of non-ortho nitro benzene ring substituents is 1. The molecule has 30 heavy (non-hydrogen) atoms. The van der Waals surface area contributed by atoms with Crippen LogP contribution < -0.4 is 10.2 Å². The molecule has 2 heterocycles. The third-order valence-electron chi connectivity index (χ3n) is 4.56. The summed E-state index contributed by atoms with van der Waals surface area (Å²) >= 11 is 5.85. The number of anilines is 1. The minimum absolute atomic E-state index is 0.00768. The number of aryl methyl sites for hydroxylation is 1. The molecule has 3 aromatic rings. The van der Waals surface area contributed by atoms with Gasteiger partial charge in [-0.05, 0) is 55.0 Å². The quantitative estimate of drug-likeness (QED) is 0.277. The van der Waals surface area contributed by atoms with Crippen LogP contribution >= 0.6 is 11.6 Å². The van der Waals surface area contributed by atoms with Gasteiger partial charge in [0.1, 0.15) is 17.2 Å². The molecule has 1 N–H and O–H groups in total. The zero-order valence-corrected chi connectivity index (χ0v) is 16.3. The van der Waals surface area contributed by atoms with Gasteiger partial charge in [-0.15, -0.1) is 0 Å². The molecule has 0 atom stereocenters. The number of nitro benzene ring substituents is 1. The molecule has 3 amide bonds. The summed E-state index contributed by atoms with van der Waals surface area (Å²) in [6.45, 7) is 1.74. The van der Waals surface area contributed by atoms with Crippen LogP contribution in [0.5, 0.6) is 0 Å². The van der Waals surface area contributed by atoms with Gasteiger partial charge in [-0.1, -0.05) is 11.6 Å². The number of imide groups is 1. The Morgan fingerprint density at radius 3 is 2.50 bits per heavy atom. The highest BCUT2D eigenvalue weighted by molar-refractivity contribution is 6.31. The highest BCUT2D eigenvalue weighted by Gasteiger charge is 2.35. The average Bonchev–Trinajstić information content (AvgIpc) is 3.27. The molecule has 8 nitrogen and oxygen atoms in total. The summed E-state index contributed by atoms with van der Waals surface area (Å²) in [5.41, 5.74) is 1.82. The van der Waals surface area contributed by atoms with E-state index in [9.17, 15) is 19.7 Å². The Morgan fingerprint density at radius 2 is 1.83 bits per heavy atom. The predicted octanol–water partition coefficient (Wildman–Crippen LogP) is 4.91. The topological polar surface area (TPSA) is 106 Å². The predicted molar refractivity (Wildman–Crippen MR) is 111 cm³/mol. The smallest absolute Gasteiger partial charge is 0.333 e. The Morgan fingerprint density at radius 1 is 1.10 bits per heavy atom. The Kier molecular flexibility index (Phi) is 4.85. The zero-order chi connectivity index (χ0) is 21.4. The molecular formula is C21H14ClN3O5. The molecular weight excluding hydrogens is 410 g/mol. The van der Waals surface area contributed by atoms with E-state index in [-0.39, 0.29) is 11.4 Å². The maximum absolute atomic E-state index is 12.7. The van der Waals surface area contributed by atoms with Gasteiger partial charge in [0, 0.05) is 28.8 Å². The number of hydrogen-bond donors (Lipinski definition) is 1. The third kappa shape index (κ3) is 3.56. The highest BCUT2D eigenvalue weighted by Crippen LogP contribution is 2.30. The van der Waals surface area contributed by atoms with Gasteiger partial charge in [-0.3, -0.25) is 14.9 Å². The van der Waals surface area contributed by atoms with E-state index in [1.54, 1.807) is 49.4 Å². The van der Waals surface area contributed by atoms with Crippen LogP contribution in [0.1, 0.15) is 11.3 Å². The molecule has 150 valence electrons. The van der Waals surface area contributed by atoms with Crippen LogP contribution in [0.25, 0.3) is 17.4 Å². The fourth-order valence-electron chi connectivity index (χ4n) is 3.12. The summed E-state index contributed by atoms with van der Waals surface area (Å²) in [5, 5.41) is 13.9. The van der Waals surface area contributed by atoms with Crippen molar-refractivity contribution in [1.82, 2.24) is 5.32 Å². The molecule has 0 bridgehead atoms. The molecule has 0 aliphatic carbocycles. The number of halogens is 1. The normalized spacial score (nSPS) is 15.0. The lowest BCUT2D eigenvalue weighted by Crippen LogP contribution is -2.30. The van der Waals surface area contributed by atoms with Crippen molar-refractivity contribution in [2.45, 2.75) is 6.92 Å². The molecule has 1 saturated heterocycles. The maximum Gasteiger partial charge on any atom is 0.333 e. The van der Waals surface area contributed by atoms with Crippen LogP contribution in [-0.2, 0) is 4.79 Å². The molecule has 0 saturated carbocycles. The molecule has 1 aliphatic rings. The third-order valence-corrected chi connectivity index (χ3v) is 4.81.